The van der Waals surface area contributed by atoms with Crippen LogP contribution in [0.2, 0.25) is 0 Å². The van der Waals surface area contributed by atoms with Crippen molar-refractivity contribution in [2.24, 2.45) is 0 Å². The van der Waals surface area contributed by atoms with Crippen molar-refractivity contribution in [3.63, 3.8) is 0 Å². The summed E-state index contributed by atoms with van der Waals surface area (Å²) in [7, 11) is 4.71. The van der Waals surface area contributed by atoms with Gasteiger partial charge in [-0.15, -0.1) is 0 Å². The average Bonchev–Trinajstić information content (AvgIpc) is 1.97. The van der Waals surface area contributed by atoms with Gasteiger partial charge in [-0.05, 0) is 0 Å². The predicted molar refractivity (Wildman–Crippen MR) is 36.7 cm³/mol. The molecule has 0 nitrogen and oxygen atoms in total. The summed E-state index contributed by atoms with van der Waals surface area (Å²) in [6, 6.07) is 0.0846. The van der Waals surface area contributed by atoms with Gasteiger partial charge in [0.2, 0.25) is 0 Å². The summed E-state index contributed by atoms with van der Waals surface area (Å²) in [5.41, 5.74) is -3.28. The molecular formula is C7HBF6K. The molecule has 0 spiro atoms. The Kier molecular flexibility index (Phi) is 5.40. The summed E-state index contributed by atoms with van der Waals surface area (Å²) < 4.78 is 73.5. The van der Waals surface area contributed by atoms with Crippen LogP contribution in [0.3, 0.4) is 0 Å². The molecule has 3 radical (unpaired) electrons. The van der Waals surface area contributed by atoms with E-state index in [2.05, 4.69) is 0 Å². The molecule has 75 valence electrons. The Bertz CT molecular complexity index is 375. The first-order valence-electron chi connectivity index (χ1n) is 3.25. The van der Waals surface area contributed by atoms with E-state index < -0.39 is 34.7 Å². The standard InChI is InChI=1S/C7HBF6.K/c8-2-1-3(9)4(7(12,13)14)6(11)5(2)10;/h1H;/q-1;+1. The maximum atomic E-state index is 12.6. The summed E-state index contributed by atoms with van der Waals surface area (Å²) >= 11 is 0. The Balaban J connectivity index is 0.00000196. The molecular weight excluding hydrogens is 248 g/mol. The first-order valence-corrected chi connectivity index (χ1v) is 3.25. The van der Waals surface area contributed by atoms with Crippen LogP contribution in [0.15, 0.2) is 6.07 Å². The van der Waals surface area contributed by atoms with Gasteiger partial charge in [0.1, 0.15) is 17.2 Å². The molecule has 0 amide bonds. The van der Waals surface area contributed by atoms with Crippen LogP contribution in [0, 0.1) is 17.5 Å². The monoisotopic (exact) mass is 249 g/mol. The molecule has 15 heavy (non-hydrogen) atoms. The molecule has 0 N–H and O–H groups in total. The van der Waals surface area contributed by atoms with Gasteiger partial charge in [0.15, 0.2) is 5.82 Å². The van der Waals surface area contributed by atoms with Gasteiger partial charge in [0, 0.05) is 0 Å². The van der Waals surface area contributed by atoms with Crippen LogP contribution < -0.4 is 56.8 Å². The van der Waals surface area contributed by atoms with Crippen molar-refractivity contribution in [2.45, 2.75) is 6.18 Å². The largest absolute Gasteiger partial charge is 1.00 e. The van der Waals surface area contributed by atoms with Gasteiger partial charge in [0.05, 0.1) is 0 Å². The Morgan fingerprint density at radius 2 is 1.47 bits per heavy atom. The van der Waals surface area contributed by atoms with Crippen molar-refractivity contribution in [3.8, 4) is 0 Å². The molecule has 0 aliphatic heterocycles. The Labute approximate surface area is 125 Å². The zero-order valence-electron chi connectivity index (χ0n) is 7.42. The number of benzene rings is 1. The summed E-state index contributed by atoms with van der Waals surface area (Å²) in [5.74, 6) is -6.16. The smallest absolute Gasteiger partial charge is 0.576 e. The molecule has 0 saturated heterocycles. The zero-order valence-corrected chi connectivity index (χ0v) is 10.5. The molecule has 1 aromatic rings. The second kappa shape index (κ2) is 5.22. The van der Waals surface area contributed by atoms with Crippen molar-refractivity contribution in [3.05, 3.63) is 29.1 Å². The minimum absolute atomic E-state index is 0. The van der Waals surface area contributed by atoms with E-state index in [1.807, 2.05) is 0 Å². The molecule has 0 aliphatic carbocycles. The van der Waals surface area contributed by atoms with E-state index in [1.165, 1.54) is 0 Å². The van der Waals surface area contributed by atoms with E-state index >= 15 is 0 Å². The first-order chi connectivity index (χ1) is 6.25. The summed E-state index contributed by atoms with van der Waals surface area (Å²) in [4.78, 5) is 0. The van der Waals surface area contributed by atoms with E-state index in [4.69, 9.17) is 7.85 Å². The summed E-state index contributed by atoms with van der Waals surface area (Å²) in [5, 5.41) is 0. The molecule has 0 atom stereocenters. The summed E-state index contributed by atoms with van der Waals surface area (Å²) in [6.45, 7) is 0. The van der Waals surface area contributed by atoms with Crippen molar-refractivity contribution in [1.29, 1.82) is 0 Å². The molecule has 0 saturated carbocycles. The third kappa shape index (κ3) is 3.23. The second-order valence-electron chi connectivity index (χ2n) is 2.45. The van der Waals surface area contributed by atoms with Gasteiger partial charge < -0.3 is 7.85 Å². The van der Waals surface area contributed by atoms with E-state index in [0.29, 0.717) is 0 Å². The fourth-order valence-electron chi connectivity index (χ4n) is 0.873. The van der Waals surface area contributed by atoms with Gasteiger partial charge >= 0.3 is 57.6 Å². The number of hydrogen-bond acceptors (Lipinski definition) is 0. The van der Waals surface area contributed by atoms with Crippen molar-refractivity contribution < 1.29 is 77.7 Å². The third-order valence-electron chi connectivity index (χ3n) is 1.47. The van der Waals surface area contributed by atoms with Gasteiger partial charge in [-0.3, -0.25) is 5.46 Å². The van der Waals surface area contributed by atoms with Crippen molar-refractivity contribution in [2.75, 3.05) is 0 Å². The quantitative estimate of drug-likeness (QED) is 0.312. The molecule has 0 aromatic heterocycles. The molecule has 0 unspecified atom stereocenters. The number of halogens is 6. The molecule has 8 heteroatoms. The van der Waals surface area contributed by atoms with Crippen molar-refractivity contribution in [1.82, 2.24) is 0 Å². The summed E-state index contributed by atoms with van der Waals surface area (Å²) in [6.07, 6.45) is -5.29. The third-order valence-corrected chi connectivity index (χ3v) is 1.47. The van der Waals surface area contributed by atoms with E-state index in [0.717, 1.165) is 0 Å². The SMILES string of the molecule is [B-]c1cc(F)c(C(F)(F)F)c(F)c1F.[K+]. The molecule has 1 aromatic carbocycles. The Morgan fingerprint density at radius 3 is 1.87 bits per heavy atom. The van der Waals surface area contributed by atoms with E-state index in [9.17, 15) is 26.3 Å². The number of hydrogen-bond donors (Lipinski definition) is 0. The molecule has 1 rings (SSSR count). The van der Waals surface area contributed by atoms with Crippen LogP contribution in [0.25, 0.3) is 0 Å². The Hall–Kier alpha value is 0.501. The van der Waals surface area contributed by atoms with Crippen LogP contribution in [-0.2, 0) is 6.18 Å². The Morgan fingerprint density at radius 1 is 1.00 bits per heavy atom. The van der Waals surface area contributed by atoms with Crippen LogP contribution >= 0.6 is 0 Å². The molecule has 0 fully saturated rings. The minimum atomic E-state index is -5.29. The van der Waals surface area contributed by atoms with Crippen LogP contribution in [0.5, 0.6) is 0 Å². The van der Waals surface area contributed by atoms with E-state index in [-0.39, 0.29) is 57.5 Å². The van der Waals surface area contributed by atoms with Gasteiger partial charge in [-0.2, -0.15) is 13.2 Å². The van der Waals surface area contributed by atoms with Crippen LogP contribution in [-0.4, -0.2) is 7.85 Å². The second-order valence-corrected chi connectivity index (χ2v) is 2.45. The van der Waals surface area contributed by atoms with Gasteiger partial charge in [0.25, 0.3) is 0 Å². The predicted octanol–water partition coefficient (Wildman–Crippen LogP) is -1.08. The maximum absolute atomic E-state index is 12.6. The van der Waals surface area contributed by atoms with E-state index in [1.54, 1.807) is 0 Å². The first kappa shape index (κ1) is 15.5. The maximum Gasteiger partial charge on any atom is 1.00 e. The van der Waals surface area contributed by atoms with Gasteiger partial charge in [-0.1, -0.05) is 6.07 Å². The van der Waals surface area contributed by atoms with Crippen LogP contribution in [0.4, 0.5) is 26.3 Å². The van der Waals surface area contributed by atoms with Gasteiger partial charge in [-0.25, -0.2) is 13.2 Å². The fraction of sp³-hybridized carbons (Fsp3) is 0.143. The number of alkyl halides is 3. The zero-order chi connectivity index (χ0) is 11.1. The topological polar surface area (TPSA) is 0 Å². The van der Waals surface area contributed by atoms with Crippen molar-refractivity contribution >= 4 is 13.3 Å². The fourth-order valence-corrected chi connectivity index (χ4v) is 0.873. The molecule has 0 heterocycles. The minimum Gasteiger partial charge on any atom is -0.576 e. The number of rotatable bonds is 0. The normalized spacial score (nSPS) is 11.1. The average molecular weight is 249 g/mol. The van der Waals surface area contributed by atoms with Crippen LogP contribution in [0.1, 0.15) is 5.56 Å². The molecule has 0 bridgehead atoms. The molecule has 0 aliphatic rings.